The molecule has 2 saturated heterocycles. The minimum absolute atomic E-state index is 0.244. The highest BCUT2D eigenvalue weighted by atomic mass is 16.7. The van der Waals surface area contributed by atoms with E-state index in [0.717, 1.165) is 19.4 Å². The SMILES string of the molecule is COC(=O)C1(CC(C)C)OC12CCCOC2. The Balaban J connectivity index is 2.15. The molecule has 2 unspecified atom stereocenters. The van der Waals surface area contributed by atoms with Crippen LogP contribution in [0.5, 0.6) is 0 Å². The Morgan fingerprint density at radius 2 is 2.25 bits per heavy atom. The van der Waals surface area contributed by atoms with E-state index >= 15 is 0 Å². The van der Waals surface area contributed by atoms with Crippen LogP contribution in [0.3, 0.4) is 0 Å². The minimum Gasteiger partial charge on any atom is -0.467 e. The summed E-state index contributed by atoms with van der Waals surface area (Å²) >= 11 is 0. The van der Waals surface area contributed by atoms with E-state index in [1.54, 1.807) is 0 Å². The van der Waals surface area contributed by atoms with Crippen LogP contribution < -0.4 is 0 Å². The van der Waals surface area contributed by atoms with E-state index in [-0.39, 0.29) is 5.97 Å². The van der Waals surface area contributed by atoms with Crippen molar-refractivity contribution < 1.29 is 19.0 Å². The maximum Gasteiger partial charge on any atom is 0.341 e. The van der Waals surface area contributed by atoms with Gasteiger partial charge in [-0.2, -0.15) is 0 Å². The molecule has 4 heteroatoms. The normalized spacial score (nSPS) is 37.8. The molecule has 0 aromatic carbocycles. The number of hydrogen-bond donors (Lipinski definition) is 0. The number of carbonyl (C=O) groups is 1. The summed E-state index contributed by atoms with van der Waals surface area (Å²) in [7, 11) is 1.42. The summed E-state index contributed by atoms with van der Waals surface area (Å²) in [5.74, 6) is 0.159. The van der Waals surface area contributed by atoms with Crippen LogP contribution in [0.1, 0.15) is 33.1 Å². The van der Waals surface area contributed by atoms with Crippen molar-refractivity contribution in [2.24, 2.45) is 5.92 Å². The monoisotopic (exact) mass is 228 g/mol. The van der Waals surface area contributed by atoms with Crippen molar-refractivity contribution >= 4 is 5.97 Å². The van der Waals surface area contributed by atoms with Gasteiger partial charge in [-0.05, 0) is 25.2 Å². The molecule has 0 amide bonds. The lowest BCUT2D eigenvalue weighted by atomic mass is 9.82. The largest absolute Gasteiger partial charge is 0.467 e. The van der Waals surface area contributed by atoms with Gasteiger partial charge in [0.15, 0.2) is 5.60 Å². The van der Waals surface area contributed by atoms with Crippen molar-refractivity contribution in [2.45, 2.75) is 44.3 Å². The van der Waals surface area contributed by atoms with Gasteiger partial charge < -0.3 is 14.2 Å². The molecule has 2 aliphatic heterocycles. The second kappa shape index (κ2) is 4.00. The van der Waals surface area contributed by atoms with Crippen molar-refractivity contribution in [1.29, 1.82) is 0 Å². The first-order chi connectivity index (χ1) is 7.56. The summed E-state index contributed by atoms with van der Waals surface area (Å²) in [4.78, 5) is 11.9. The van der Waals surface area contributed by atoms with Crippen molar-refractivity contribution in [1.82, 2.24) is 0 Å². The van der Waals surface area contributed by atoms with E-state index in [4.69, 9.17) is 14.2 Å². The van der Waals surface area contributed by atoms with Gasteiger partial charge in [-0.15, -0.1) is 0 Å². The predicted octanol–water partition coefficient (Wildman–Crippen LogP) is 1.52. The van der Waals surface area contributed by atoms with E-state index < -0.39 is 11.2 Å². The molecular weight excluding hydrogens is 208 g/mol. The summed E-state index contributed by atoms with van der Waals surface area (Å²) in [6.45, 7) is 5.46. The zero-order chi connectivity index (χ0) is 11.8. The van der Waals surface area contributed by atoms with Crippen LogP contribution in [0.15, 0.2) is 0 Å². The van der Waals surface area contributed by atoms with Crippen LogP contribution in [0.4, 0.5) is 0 Å². The van der Waals surface area contributed by atoms with Gasteiger partial charge in [-0.3, -0.25) is 0 Å². The molecule has 0 saturated carbocycles. The number of hydrogen-bond acceptors (Lipinski definition) is 4. The molecule has 4 nitrogen and oxygen atoms in total. The zero-order valence-electron chi connectivity index (χ0n) is 10.2. The molecule has 2 atom stereocenters. The van der Waals surface area contributed by atoms with Gasteiger partial charge in [0.1, 0.15) is 5.60 Å². The molecule has 92 valence electrons. The second-order valence-electron chi connectivity index (χ2n) is 5.17. The van der Waals surface area contributed by atoms with Crippen molar-refractivity contribution in [3.05, 3.63) is 0 Å². The molecule has 2 aliphatic rings. The van der Waals surface area contributed by atoms with Crippen LogP contribution in [-0.4, -0.2) is 37.5 Å². The summed E-state index contributed by atoms with van der Waals surface area (Å²) in [6.07, 6.45) is 2.56. The lowest BCUT2D eigenvalue weighted by molar-refractivity contribution is -0.147. The van der Waals surface area contributed by atoms with Crippen molar-refractivity contribution in [2.75, 3.05) is 20.3 Å². The topological polar surface area (TPSA) is 48.1 Å². The first-order valence-electron chi connectivity index (χ1n) is 5.93. The van der Waals surface area contributed by atoms with Crippen LogP contribution >= 0.6 is 0 Å². The molecule has 0 N–H and O–H groups in total. The molecule has 0 aromatic rings. The first kappa shape index (κ1) is 11.9. The number of methoxy groups -OCH3 is 1. The summed E-state index contributed by atoms with van der Waals surface area (Å²) in [5, 5.41) is 0. The van der Waals surface area contributed by atoms with E-state index in [0.29, 0.717) is 18.9 Å². The third-order valence-electron chi connectivity index (χ3n) is 3.48. The summed E-state index contributed by atoms with van der Waals surface area (Å²) in [6, 6.07) is 0. The molecule has 1 spiro atoms. The Morgan fingerprint density at radius 3 is 2.75 bits per heavy atom. The quantitative estimate of drug-likeness (QED) is 0.543. The average Bonchev–Trinajstić information content (AvgIpc) is 2.85. The Morgan fingerprint density at radius 1 is 1.50 bits per heavy atom. The highest BCUT2D eigenvalue weighted by molar-refractivity contribution is 5.85. The van der Waals surface area contributed by atoms with Crippen LogP contribution in [0.2, 0.25) is 0 Å². The molecule has 0 aromatic heterocycles. The summed E-state index contributed by atoms with van der Waals surface area (Å²) < 4.78 is 16.1. The molecule has 16 heavy (non-hydrogen) atoms. The maximum absolute atomic E-state index is 11.9. The van der Waals surface area contributed by atoms with E-state index in [1.807, 2.05) is 0 Å². The Bertz CT molecular complexity index is 281. The van der Waals surface area contributed by atoms with Gasteiger partial charge in [0, 0.05) is 6.61 Å². The van der Waals surface area contributed by atoms with Gasteiger partial charge in [0.25, 0.3) is 0 Å². The molecular formula is C12H20O4. The van der Waals surface area contributed by atoms with Crippen LogP contribution in [-0.2, 0) is 19.0 Å². The number of ether oxygens (including phenoxy) is 3. The fourth-order valence-electron chi connectivity index (χ4n) is 2.75. The molecule has 0 bridgehead atoms. The highest BCUT2D eigenvalue weighted by Crippen LogP contribution is 2.56. The second-order valence-corrected chi connectivity index (χ2v) is 5.17. The third-order valence-corrected chi connectivity index (χ3v) is 3.48. The Labute approximate surface area is 96.2 Å². The number of rotatable bonds is 3. The van der Waals surface area contributed by atoms with Gasteiger partial charge in [0.2, 0.25) is 0 Å². The van der Waals surface area contributed by atoms with Gasteiger partial charge in [-0.25, -0.2) is 4.79 Å². The molecule has 2 rings (SSSR count). The zero-order valence-corrected chi connectivity index (χ0v) is 10.2. The van der Waals surface area contributed by atoms with Crippen LogP contribution in [0, 0.1) is 5.92 Å². The molecule has 2 heterocycles. The van der Waals surface area contributed by atoms with Crippen LogP contribution in [0.25, 0.3) is 0 Å². The smallest absolute Gasteiger partial charge is 0.341 e. The molecule has 0 radical (unpaired) electrons. The highest BCUT2D eigenvalue weighted by Gasteiger charge is 2.75. The molecule has 2 fully saturated rings. The number of esters is 1. The number of epoxide rings is 1. The Hall–Kier alpha value is -0.610. The third kappa shape index (κ3) is 1.64. The fraction of sp³-hybridized carbons (Fsp3) is 0.917. The first-order valence-corrected chi connectivity index (χ1v) is 5.93. The summed E-state index contributed by atoms with van der Waals surface area (Å²) in [5.41, 5.74) is -1.14. The van der Waals surface area contributed by atoms with E-state index in [2.05, 4.69) is 13.8 Å². The van der Waals surface area contributed by atoms with Gasteiger partial charge in [-0.1, -0.05) is 13.8 Å². The predicted molar refractivity (Wildman–Crippen MR) is 58.1 cm³/mol. The lowest BCUT2D eigenvalue weighted by Crippen LogP contribution is -2.41. The fourth-order valence-corrected chi connectivity index (χ4v) is 2.75. The van der Waals surface area contributed by atoms with Crippen molar-refractivity contribution in [3.8, 4) is 0 Å². The molecule has 0 aliphatic carbocycles. The average molecular weight is 228 g/mol. The van der Waals surface area contributed by atoms with Gasteiger partial charge >= 0.3 is 5.97 Å². The van der Waals surface area contributed by atoms with E-state index in [9.17, 15) is 4.79 Å². The Kier molecular flexibility index (Phi) is 2.97. The van der Waals surface area contributed by atoms with Gasteiger partial charge in [0.05, 0.1) is 13.7 Å². The minimum atomic E-state index is -0.740. The van der Waals surface area contributed by atoms with Crippen molar-refractivity contribution in [3.63, 3.8) is 0 Å². The number of carbonyl (C=O) groups excluding carboxylic acids is 1. The standard InChI is InChI=1S/C12H20O4/c1-9(2)7-12(10(13)14-3)11(16-12)5-4-6-15-8-11/h9H,4-8H2,1-3H3. The maximum atomic E-state index is 11.9. The lowest BCUT2D eigenvalue weighted by Gasteiger charge is -2.23. The van der Waals surface area contributed by atoms with E-state index in [1.165, 1.54) is 7.11 Å².